The highest BCUT2D eigenvalue weighted by atomic mass is 28.3. The summed E-state index contributed by atoms with van der Waals surface area (Å²) in [7, 11) is -1.52. The van der Waals surface area contributed by atoms with Gasteiger partial charge in [0, 0.05) is 17.5 Å². The van der Waals surface area contributed by atoms with Gasteiger partial charge in [0.15, 0.2) is 0 Å². The SMILES string of the molecule is CCC(=O)Oc1c(C(C)(C)C)cc(CC[Si](C)(C)c2ccccc2)cc1C(C)(C)C. The summed E-state index contributed by atoms with van der Waals surface area (Å²) in [5, 5.41) is 1.51. The second kappa shape index (κ2) is 9.09. The average Bonchev–Trinajstić information content (AvgIpc) is 2.65. The van der Waals surface area contributed by atoms with Crippen LogP contribution in [0.3, 0.4) is 0 Å². The smallest absolute Gasteiger partial charge is 0.310 e. The molecule has 0 atom stereocenters. The number of hydrogen-bond donors (Lipinski definition) is 0. The van der Waals surface area contributed by atoms with Crippen LogP contribution < -0.4 is 9.92 Å². The van der Waals surface area contributed by atoms with E-state index in [1.165, 1.54) is 16.8 Å². The van der Waals surface area contributed by atoms with Gasteiger partial charge in [-0.3, -0.25) is 4.79 Å². The van der Waals surface area contributed by atoms with Crippen molar-refractivity contribution < 1.29 is 9.53 Å². The lowest BCUT2D eigenvalue weighted by Crippen LogP contribution is -2.41. The maximum absolute atomic E-state index is 12.2. The Hall–Kier alpha value is -1.87. The van der Waals surface area contributed by atoms with Crippen LogP contribution in [0.5, 0.6) is 5.75 Å². The predicted octanol–water partition coefficient (Wildman–Crippen LogP) is 6.76. The largest absolute Gasteiger partial charge is 0.426 e. The molecule has 0 amide bonds. The Morgan fingerprint density at radius 3 is 1.83 bits per heavy atom. The highest BCUT2D eigenvalue weighted by Gasteiger charge is 2.30. The van der Waals surface area contributed by atoms with Crippen molar-refractivity contribution in [1.82, 2.24) is 0 Å². The molecule has 164 valence electrons. The maximum atomic E-state index is 12.2. The van der Waals surface area contributed by atoms with Gasteiger partial charge in [-0.15, -0.1) is 0 Å². The molecule has 0 saturated heterocycles. The minimum Gasteiger partial charge on any atom is -0.426 e. The van der Waals surface area contributed by atoms with E-state index < -0.39 is 8.07 Å². The van der Waals surface area contributed by atoms with E-state index in [-0.39, 0.29) is 16.8 Å². The lowest BCUT2D eigenvalue weighted by atomic mass is 9.78. The summed E-state index contributed by atoms with van der Waals surface area (Å²) < 4.78 is 5.92. The van der Waals surface area contributed by atoms with Gasteiger partial charge in [-0.1, -0.05) is 109 Å². The van der Waals surface area contributed by atoms with Crippen molar-refractivity contribution in [1.29, 1.82) is 0 Å². The van der Waals surface area contributed by atoms with Crippen LogP contribution >= 0.6 is 0 Å². The first-order valence-corrected chi connectivity index (χ1v) is 14.4. The summed E-state index contributed by atoms with van der Waals surface area (Å²) in [5.41, 5.74) is 3.40. The number of aryl methyl sites for hydroxylation is 1. The zero-order valence-corrected chi connectivity index (χ0v) is 21.5. The topological polar surface area (TPSA) is 26.3 Å². The van der Waals surface area contributed by atoms with E-state index >= 15 is 0 Å². The molecule has 0 N–H and O–H groups in total. The van der Waals surface area contributed by atoms with Crippen LogP contribution in [0.15, 0.2) is 42.5 Å². The molecule has 0 aromatic heterocycles. The number of rotatable bonds is 6. The van der Waals surface area contributed by atoms with Gasteiger partial charge >= 0.3 is 5.97 Å². The first kappa shape index (κ1) is 24.4. The van der Waals surface area contributed by atoms with Gasteiger partial charge in [-0.25, -0.2) is 0 Å². The van der Waals surface area contributed by atoms with E-state index in [4.69, 9.17) is 4.74 Å². The number of ether oxygens (including phenoxy) is 1. The molecule has 30 heavy (non-hydrogen) atoms. The van der Waals surface area contributed by atoms with E-state index in [2.05, 4.69) is 97.1 Å². The summed E-state index contributed by atoms with van der Waals surface area (Å²) in [5.74, 6) is 0.599. The molecule has 0 unspecified atom stereocenters. The summed E-state index contributed by atoms with van der Waals surface area (Å²) in [6.07, 6.45) is 1.42. The van der Waals surface area contributed by atoms with Crippen LogP contribution in [-0.4, -0.2) is 14.0 Å². The molecule has 0 saturated carbocycles. The lowest BCUT2D eigenvalue weighted by molar-refractivity contribution is -0.134. The van der Waals surface area contributed by atoms with Crippen LogP contribution in [-0.2, 0) is 22.0 Å². The van der Waals surface area contributed by atoms with Crippen molar-refractivity contribution in [3.05, 3.63) is 59.2 Å². The van der Waals surface area contributed by atoms with Crippen molar-refractivity contribution in [3.8, 4) is 5.75 Å². The van der Waals surface area contributed by atoms with Crippen LogP contribution in [0.25, 0.3) is 0 Å². The maximum Gasteiger partial charge on any atom is 0.310 e. The van der Waals surface area contributed by atoms with Gasteiger partial charge in [0.05, 0.1) is 8.07 Å². The molecular formula is C27H40O2Si. The highest BCUT2D eigenvalue weighted by molar-refractivity contribution is 6.89. The molecule has 2 aromatic carbocycles. The second-order valence-corrected chi connectivity index (χ2v) is 15.9. The summed E-state index contributed by atoms with van der Waals surface area (Å²) in [6.45, 7) is 19.9. The summed E-state index contributed by atoms with van der Waals surface area (Å²) in [6, 6.07) is 16.7. The third kappa shape index (κ3) is 6.07. The monoisotopic (exact) mass is 424 g/mol. The highest BCUT2D eigenvalue weighted by Crippen LogP contribution is 2.41. The van der Waals surface area contributed by atoms with E-state index in [0.29, 0.717) is 6.42 Å². The van der Waals surface area contributed by atoms with Crippen molar-refractivity contribution in [2.75, 3.05) is 0 Å². The van der Waals surface area contributed by atoms with Gasteiger partial charge < -0.3 is 4.74 Å². The fraction of sp³-hybridized carbons (Fsp3) is 0.519. The molecule has 0 bridgehead atoms. The van der Waals surface area contributed by atoms with Crippen LogP contribution in [0.1, 0.15) is 71.6 Å². The zero-order chi connectivity index (χ0) is 22.7. The molecule has 0 radical (unpaired) electrons. The molecule has 0 spiro atoms. The predicted molar refractivity (Wildman–Crippen MR) is 132 cm³/mol. The second-order valence-electron chi connectivity index (χ2n) is 11.1. The van der Waals surface area contributed by atoms with Crippen LogP contribution in [0.4, 0.5) is 0 Å². The molecule has 2 rings (SSSR count). The first-order valence-electron chi connectivity index (χ1n) is 11.2. The van der Waals surface area contributed by atoms with E-state index in [0.717, 1.165) is 23.3 Å². The number of carbonyl (C=O) groups is 1. The molecular weight excluding hydrogens is 384 g/mol. The van der Waals surface area contributed by atoms with Crippen molar-refractivity contribution in [2.24, 2.45) is 0 Å². The molecule has 0 fully saturated rings. The van der Waals surface area contributed by atoms with E-state index in [1.807, 2.05) is 6.92 Å². The Bertz CT molecular complexity index is 833. The molecule has 0 aliphatic heterocycles. The van der Waals surface area contributed by atoms with E-state index in [9.17, 15) is 4.79 Å². The van der Waals surface area contributed by atoms with Crippen molar-refractivity contribution in [3.63, 3.8) is 0 Å². The standard InChI is InChI=1S/C27H40O2Si/c1-10-24(28)29-25-22(26(2,3)4)18-20(19-23(25)27(5,6)7)16-17-30(8,9)21-14-12-11-13-15-21/h11-15,18-19H,10,16-17H2,1-9H3. The fourth-order valence-corrected chi connectivity index (χ4v) is 6.03. The average molecular weight is 425 g/mol. The normalized spacial score (nSPS) is 12.7. The van der Waals surface area contributed by atoms with Crippen LogP contribution in [0, 0.1) is 0 Å². The molecule has 0 heterocycles. The van der Waals surface area contributed by atoms with Gasteiger partial charge in [0.1, 0.15) is 5.75 Å². The van der Waals surface area contributed by atoms with Crippen LogP contribution in [0.2, 0.25) is 19.1 Å². The summed E-state index contributed by atoms with van der Waals surface area (Å²) in [4.78, 5) is 12.2. The first-order chi connectivity index (χ1) is 13.8. The van der Waals surface area contributed by atoms with E-state index in [1.54, 1.807) is 0 Å². The Labute approximate surface area is 185 Å². The Morgan fingerprint density at radius 1 is 0.900 bits per heavy atom. The number of hydrogen-bond acceptors (Lipinski definition) is 2. The van der Waals surface area contributed by atoms with Gasteiger partial charge in [0.25, 0.3) is 0 Å². The number of benzene rings is 2. The van der Waals surface area contributed by atoms with Gasteiger partial charge in [-0.05, 0) is 28.9 Å². The number of esters is 1. The van der Waals surface area contributed by atoms with Crippen molar-refractivity contribution in [2.45, 2.75) is 91.3 Å². The van der Waals surface area contributed by atoms with Gasteiger partial charge in [-0.2, -0.15) is 0 Å². The molecule has 0 aliphatic carbocycles. The quantitative estimate of drug-likeness (QED) is 0.291. The molecule has 0 aliphatic rings. The molecule has 2 nitrogen and oxygen atoms in total. The number of carbonyl (C=O) groups excluding carboxylic acids is 1. The fourth-order valence-electron chi connectivity index (χ4n) is 3.73. The molecule has 3 heteroatoms. The van der Waals surface area contributed by atoms with Gasteiger partial charge in [0.2, 0.25) is 0 Å². The lowest BCUT2D eigenvalue weighted by Gasteiger charge is -2.30. The summed E-state index contributed by atoms with van der Waals surface area (Å²) >= 11 is 0. The Kier molecular flexibility index (Phi) is 7.39. The minimum atomic E-state index is -1.52. The third-order valence-electron chi connectivity index (χ3n) is 5.86. The third-order valence-corrected chi connectivity index (χ3v) is 9.26. The molecule has 2 aromatic rings. The zero-order valence-electron chi connectivity index (χ0n) is 20.5. The Morgan fingerprint density at radius 2 is 1.40 bits per heavy atom. The minimum absolute atomic E-state index is 0.105. The van der Waals surface area contributed by atoms with Crippen molar-refractivity contribution >= 4 is 19.2 Å². The Balaban J connectivity index is 2.49.